The number of Topliss-reactive ketones (excluding diaryl/α,β-unsaturated/α-hetero) is 1. The number of hydrogen-bond donors (Lipinski definition) is 0. The SMILES string of the molecule is CC(=O)c1cc2c(Br)cc1CCc1ccc(cc1Br)CC2. The Balaban J connectivity index is 2.11. The molecular formula is C18H16Br2O. The summed E-state index contributed by atoms with van der Waals surface area (Å²) in [5, 5.41) is 0. The molecule has 0 fully saturated rings. The zero-order chi connectivity index (χ0) is 15.0. The summed E-state index contributed by atoms with van der Waals surface area (Å²) in [4.78, 5) is 11.9. The van der Waals surface area contributed by atoms with Crippen LogP contribution in [-0.2, 0) is 25.7 Å². The standard InChI is InChI=1S/C18H16Br2O/c1-11(21)16-9-15-5-3-12-2-4-13(17(19)8-12)6-7-14(16)10-18(15)20/h2,4,8-10H,3,5-7H2,1H3. The summed E-state index contributed by atoms with van der Waals surface area (Å²) in [5.41, 5.74) is 5.85. The van der Waals surface area contributed by atoms with Gasteiger partial charge < -0.3 is 0 Å². The van der Waals surface area contributed by atoms with Crippen molar-refractivity contribution in [2.45, 2.75) is 32.6 Å². The van der Waals surface area contributed by atoms with Gasteiger partial charge in [-0.3, -0.25) is 4.79 Å². The van der Waals surface area contributed by atoms with Crippen molar-refractivity contribution in [3.63, 3.8) is 0 Å². The van der Waals surface area contributed by atoms with Crippen molar-refractivity contribution in [2.75, 3.05) is 0 Å². The molecular weight excluding hydrogens is 392 g/mol. The first-order valence-corrected chi connectivity index (χ1v) is 8.73. The van der Waals surface area contributed by atoms with E-state index in [2.05, 4.69) is 62.2 Å². The van der Waals surface area contributed by atoms with Crippen LogP contribution in [0, 0.1) is 0 Å². The fourth-order valence-electron chi connectivity index (χ4n) is 2.88. The molecule has 0 N–H and O–H groups in total. The topological polar surface area (TPSA) is 17.1 Å². The number of hydrogen-bond acceptors (Lipinski definition) is 1. The van der Waals surface area contributed by atoms with E-state index in [0.717, 1.165) is 41.3 Å². The van der Waals surface area contributed by atoms with Crippen LogP contribution in [0.5, 0.6) is 0 Å². The number of ketones is 1. The molecule has 0 radical (unpaired) electrons. The molecule has 0 heterocycles. The van der Waals surface area contributed by atoms with Crippen LogP contribution in [0.2, 0.25) is 0 Å². The third kappa shape index (κ3) is 3.14. The van der Waals surface area contributed by atoms with Gasteiger partial charge in [0.1, 0.15) is 0 Å². The van der Waals surface area contributed by atoms with Crippen LogP contribution in [0.1, 0.15) is 39.5 Å². The largest absolute Gasteiger partial charge is 0.295 e. The molecule has 0 saturated carbocycles. The summed E-state index contributed by atoms with van der Waals surface area (Å²) >= 11 is 7.34. The number of carbonyl (C=O) groups excluding carboxylic acids is 1. The first kappa shape index (κ1) is 15.0. The van der Waals surface area contributed by atoms with Gasteiger partial charge in [0.2, 0.25) is 0 Å². The van der Waals surface area contributed by atoms with Crippen molar-refractivity contribution in [1.29, 1.82) is 0 Å². The van der Waals surface area contributed by atoms with Crippen molar-refractivity contribution in [3.05, 3.63) is 67.1 Å². The molecule has 0 unspecified atom stereocenters. The maximum atomic E-state index is 11.9. The number of aryl methyl sites for hydroxylation is 4. The van der Waals surface area contributed by atoms with Crippen LogP contribution >= 0.6 is 31.9 Å². The maximum absolute atomic E-state index is 11.9. The molecule has 0 aromatic heterocycles. The van der Waals surface area contributed by atoms with Crippen LogP contribution in [0.4, 0.5) is 0 Å². The van der Waals surface area contributed by atoms with Crippen molar-refractivity contribution >= 4 is 37.6 Å². The first-order chi connectivity index (χ1) is 10.0. The van der Waals surface area contributed by atoms with Gasteiger partial charge in [0, 0.05) is 14.5 Å². The second-order valence-electron chi connectivity index (χ2n) is 5.58. The summed E-state index contributed by atoms with van der Waals surface area (Å²) in [6.45, 7) is 1.66. The lowest BCUT2D eigenvalue weighted by molar-refractivity contribution is 0.101. The van der Waals surface area contributed by atoms with Gasteiger partial charge in [0.15, 0.2) is 5.78 Å². The molecule has 0 spiro atoms. The Hall–Kier alpha value is -0.930. The van der Waals surface area contributed by atoms with Crippen molar-refractivity contribution in [1.82, 2.24) is 0 Å². The Morgan fingerprint density at radius 1 is 0.857 bits per heavy atom. The highest BCUT2D eigenvalue weighted by Crippen LogP contribution is 2.28. The van der Waals surface area contributed by atoms with Gasteiger partial charge in [-0.1, -0.05) is 44.0 Å². The maximum Gasteiger partial charge on any atom is 0.160 e. The summed E-state index contributed by atoms with van der Waals surface area (Å²) in [6, 6.07) is 10.9. The van der Waals surface area contributed by atoms with Gasteiger partial charge in [0.05, 0.1) is 0 Å². The van der Waals surface area contributed by atoms with Gasteiger partial charge >= 0.3 is 0 Å². The van der Waals surface area contributed by atoms with E-state index in [4.69, 9.17) is 0 Å². The van der Waals surface area contributed by atoms with Gasteiger partial charge in [0.25, 0.3) is 0 Å². The molecule has 4 aliphatic carbocycles. The van der Waals surface area contributed by atoms with Crippen LogP contribution < -0.4 is 0 Å². The van der Waals surface area contributed by atoms with E-state index in [-0.39, 0.29) is 5.78 Å². The highest BCUT2D eigenvalue weighted by atomic mass is 79.9. The zero-order valence-corrected chi connectivity index (χ0v) is 15.1. The van der Waals surface area contributed by atoms with E-state index in [1.165, 1.54) is 21.2 Å². The number of rotatable bonds is 1. The monoisotopic (exact) mass is 406 g/mol. The van der Waals surface area contributed by atoms with E-state index in [1.54, 1.807) is 6.92 Å². The number of carbonyl (C=O) groups is 1. The van der Waals surface area contributed by atoms with Gasteiger partial charge in [-0.25, -0.2) is 0 Å². The molecule has 21 heavy (non-hydrogen) atoms. The highest BCUT2D eigenvalue weighted by molar-refractivity contribution is 9.10. The van der Waals surface area contributed by atoms with Crippen molar-refractivity contribution < 1.29 is 4.79 Å². The van der Waals surface area contributed by atoms with E-state index in [1.807, 2.05) is 0 Å². The number of halogens is 2. The van der Waals surface area contributed by atoms with Crippen LogP contribution in [0.15, 0.2) is 39.3 Å². The molecule has 0 atom stereocenters. The Morgan fingerprint density at radius 2 is 1.52 bits per heavy atom. The lowest BCUT2D eigenvalue weighted by atomic mass is 9.92. The molecule has 2 aromatic rings. The third-order valence-corrected chi connectivity index (χ3v) is 5.59. The summed E-state index contributed by atoms with van der Waals surface area (Å²) in [7, 11) is 0. The molecule has 6 rings (SSSR count). The third-order valence-electron chi connectivity index (χ3n) is 4.12. The van der Waals surface area contributed by atoms with Crippen LogP contribution in [0.25, 0.3) is 0 Å². The quantitative estimate of drug-likeness (QED) is 0.586. The van der Waals surface area contributed by atoms with E-state index >= 15 is 0 Å². The molecule has 108 valence electrons. The van der Waals surface area contributed by atoms with Crippen LogP contribution in [-0.4, -0.2) is 5.78 Å². The van der Waals surface area contributed by atoms with Gasteiger partial charge in [-0.2, -0.15) is 0 Å². The summed E-state index contributed by atoms with van der Waals surface area (Å²) in [5.74, 6) is 0.156. The minimum Gasteiger partial charge on any atom is -0.295 e. The van der Waals surface area contributed by atoms with Crippen LogP contribution in [0.3, 0.4) is 0 Å². The first-order valence-electron chi connectivity index (χ1n) is 7.14. The molecule has 0 saturated heterocycles. The fourth-order valence-corrected chi connectivity index (χ4v) is 4.10. The average Bonchev–Trinajstić information content (AvgIpc) is 2.42. The zero-order valence-electron chi connectivity index (χ0n) is 11.9. The van der Waals surface area contributed by atoms with Gasteiger partial charge in [-0.15, -0.1) is 0 Å². The van der Waals surface area contributed by atoms with E-state index in [0.29, 0.717) is 0 Å². The molecule has 4 bridgehead atoms. The minimum atomic E-state index is 0.156. The second kappa shape index (κ2) is 6.05. The predicted molar refractivity (Wildman–Crippen MR) is 93.1 cm³/mol. The fraction of sp³-hybridized carbons (Fsp3) is 0.278. The minimum absolute atomic E-state index is 0.156. The normalized spacial score (nSPS) is 13.9. The van der Waals surface area contributed by atoms with Crippen molar-refractivity contribution in [3.8, 4) is 0 Å². The summed E-state index contributed by atoms with van der Waals surface area (Å²) in [6.07, 6.45) is 3.74. The summed E-state index contributed by atoms with van der Waals surface area (Å²) < 4.78 is 2.30. The number of benzene rings is 2. The van der Waals surface area contributed by atoms with E-state index < -0.39 is 0 Å². The molecule has 3 heteroatoms. The molecule has 2 aromatic carbocycles. The van der Waals surface area contributed by atoms with Gasteiger partial charge in [-0.05, 0) is 73.1 Å². The smallest absolute Gasteiger partial charge is 0.160 e. The Labute approximate surface area is 142 Å². The Kier molecular flexibility index (Phi) is 4.32. The van der Waals surface area contributed by atoms with Crippen molar-refractivity contribution in [2.24, 2.45) is 0 Å². The second-order valence-corrected chi connectivity index (χ2v) is 7.29. The molecule has 4 aliphatic rings. The molecule has 0 amide bonds. The van der Waals surface area contributed by atoms with E-state index in [9.17, 15) is 4.79 Å². The molecule has 0 aliphatic heterocycles. The highest BCUT2D eigenvalue weighted by Gasteiger charge is 2.14. The lowest BCUT2D eigenvalue weighted by Crippen LogP contribution is -2.06. The Morgan fingerprint density at radius 3 is 2.24 bits per heavy atom. The molecule has 1 nitrogen and oxygen atoms in total. The Bertz CT molecular complexity index is 719. The average molecular weight is 408 g/mol. The predicted octanol–water partition coefficient (Wildman–Crippen LogP) is 5.30. The lowest BCUT2D eigenvalue weighted by Gasteiger charge is -2.15.